The zero-order valence-electron chi connectivity index (χ0n) is 7.57. The largest absolute Gasteiger partial charge is 0.466 e. The average Bonchev–Trinajstić information content (AvgIpc) is 2.14. The molecule has 0 radical (unpaired) electrons. The molecule has 0 aromatic carbocycles. The lowest BCUT2D eigenvalue weighted by molar-refractivity contribution is -0.138. The molecule has 0 bridgehead atoms. The third-order valence-electron chi connectivity index (χ3n) is 1.11. The first-order valence-corrected chi connectivity index (χ1v) is 3.39. The molecule has 0 unspecified atom stereocenters. The van der Waals surface area contributed by atoms with Crippen molar-refractivity contribution in [1.82, 2.24) is 5.32 Å². The van der Waals surface area contributed by atoms with Crippen LogP contribution in [0.2, 0.25) is 0 Å². The fourth-order valence-corrected chi connectivity index (χ4v) is 0.548. The minimum atomic E-state index is -1.48. The summed E-state index contributed by atoms with van der Waals surface area (Å²) in [6.45, 7) is 0. The van der Waals surface area contributed by atoms with Crippen LogP contribution < -0.4 is 5.32 Å². The SMILES string of the molecule is COC(=O)C=C(NC(=O)O)C(=O)OC. The summed E-state index contributed by atoms with van der Waals surface area (Å²) >= 11 is 0. The average molecular weight is 203 g/mol. The Labute approximate surface area is 79.3 Å². The Morgan fingerprint density at radius 1 is 1.21 bits per heavy atom. The predicted molar refractivity (Wildman–Crippen MR) is 43.3 cm³/mol. The van der Waals surface area contributed by atoms with Crippen molar-refractivity contribution in [2.45, 2.75) is 0 Å². The summed E-state index contributed by atoms with van der Waals surface area (Å²) in [4.78, 5) is 31.7. The summed E-state index contributed by atoms with van der Waals surface area (Å²) in [6.07, 6.45) is -0.800. The first-order chi connectivity index (χ1) is 6.51. The maximum absolute atomic E-state index is 10.9. The number of amides is 1. The van der Waals surface area contributed by atoms with Crippen molar-refractivity contribution < 1.29 is 29.0 Å². The van der Waals surface area contributed by atoms with Crippen LogP contribution in [-0.4, -0.2) is 37.4 Å². The highest BCUT2D eigenvalue weighted by atomic mass is 16.5. The lowest BCUT2D eigenvalue weighted by Crippen LogP contribution is -2.27. The summed E-state index contributed by atoms with van der Waals surface area (Å²) in [5.74, 6) is -1.84. The van der Waals surface area contributed by atoms with Crippen LogP contribution in [0, 0.1) is 0 Å². The predicted octanol–water partition coefficient (Wildman–Crippen LogP) is -0.516. The fraction of sp³-hybridized carbons (Fsp3) is 0.286. The van der Waals surface area contributed by atoms with Gasteiger partial charge in [0.15, 0.2) is 0 Å². The quantitative estimate of drug-likeness (QED) is 0.472. The molecule has 0 saturated heterocycles. The highest BCUT2D eigenvalue weighted by molar-refractivity contribution is 5.98. The number of methoxy groups -OCH3 is 2. The van der Waals surface area contributed by atoms with Gasteiger partial charge >= 0.3 is 18.0 Å². The van der Waals surface area contributed by atoms with E-state index in [4.69, 9.17) is 5.11 Å². The number of carbonyl (C=O) groups is 3. The number of carboxylic acid groups (broad SMARTS) is 1. The lowest BCUT2D eigenvalue weighted by atomic mass is 10.4. The number of nitrogens with one attached hydrogen (secondary N) is 1. The minimum absolute atomic E-state index is 0.508. The molecule has 7 nitrogen and oxygen atoms in total. The third-order valence-corrected chi connectivity index (χ3v) is 1.11. The van der Waals surface area contributed by atoms with Gasteiger partial charge in [0.05, 0.1) is 20.3 Å². The molecule has 78 valence electrons. The Bertz CT molecular complexity index is 282. The minimum Gasteiger partial charge on any atom is -0.466 e. The van der Waals surface area contributed by atoms with Gasteiger partial charge in [-0.05, 0) is 0 Å². The Morgan fingerprint density at radius 2 is 1.79 bits per heavy atom. The van der Waals surface area contributed by atoms with Crippen LogP contribution in [0.15, 0.2) is 11.8 Å². The number of carbonyl (C=O) groups excluding carboxylic acids is 2. The van der Waals surface area contributed by atoms with Gasteiger partial charge in [0.2, 0.25) is 0 Å². The number of hydrogen-bond donors (Lipinski definition) is 2. The molecule has 0 fully saturated rings. The molecular weight excluding hydrogens is 194 g/mol. The maximum atomic E-state index is 10.9. The molecule has 0 atom stereocenters. The van der Waals surface area contributed by atoms with Crippen molar-refractivity contribution >= 4 is 18.0 Å². The molecule has 14 heavy (non-hydrogen) atoms. The highest BCUT2D eigenvalue weighted by Crippen LogP contribution is 1.94. The summed E-state index contributed by atoms with van der Waals surface area (Å²) in [5, 5.41) is 10.0. The third kappa shape index (κ3) is 4.10. The lowest BCUT2D eigenvalue weighted by Gasteiger charge is -2.03. The molecule has 0 aromatic heterocycles. The van der Waals surface area contributed by atoms with E-state index in [-0.39, 0.29) is 0 Å². The van der Waals surface area contributed by atoms with Gasteiger partial charge in [-0.25, -0.2) is 14.4 Å². The molecule has 0 spiro atoms. The van der Waals surface area contributed by atoms with E-state index < -0.39 is 23.7 Å². The standard InChI is InChI=1S/C7H9NO6/c1-13-5(9)3-4(6(10)14-2)8-7(11)12/h3,8H,1-2H3,(H,11,12). The van der Waals surface area contributed by atoms with Crippen molar-refractivity contribution in [2.24, 2.45) is 0 Å². The summed E-state index contributed by atoms with van der Waals surface area (Å²) in [7, 11) is 2.14. The highest BCUT2D eigenvalue weighted by Gasteiger charge is 2.14. The van der Waals surface area contributed by atoms with E-state index in [2.05, 4.69) is 9.47 Å². The van der Waals surface area contributed by atoms with Gasteiger partial charge in [-0.1, -0.05) is 0 Å². The van der Waals surface area contributed by atoms with Gasteiger partial charge in [-0.15, -0.1) is 0 Å². The van der Waals surface area contributed by atoms with Crippen LogP contribution >= 0.6 is 0 Å². The zero-order chi connectivity index (χ0) is 11.1. The summed E-state index contributed by atoms with van der Waals surface area (Å²) in [6, 6.07) is 0. The van der Waals surface area contributed by atoms with Crippen LogP contribution in [0.5, 0.6) is 0 Å². The van der Waals surface area contributed by atoms with E-state index in [1.54, 1.807) is 5.32 Å². The smallest absolute Gasteiger partial charge is 0.409 e. The van der Waals surface area contributed by atoms with Gasteiger partial charge in [-0.3, -0.25) is 5.32 Å². The van der Waals surface area contributed by atoms with E-state index in [1.807, 2.05) is 0 Å². The van der Waals surface area contributed by atoms with E-state index >= 15 is 0 Å². The van der Waals surface area contributed by atoms with E-state index in [0.29, 0.717) is 6.08 Å². The van der Waals surface area contributed by atoms with Gasteiger partial charge < -0.3 is 14.6 Å². The second-order valence-corrected chi connectivity index (χ2v) is 2.00. The number of esters is 2. The van der Waals surface area contributed by atoms with Crippen molar-refractivity contribution in [3.8, 4) is 0 Å². The molecule has 0 aromatic rings. The van der Waals surface area contributed by atoms with Crippen LogP contribution in [0.4, 0.5) is 4.79 Å². The van der Waals surface area contributed by atoms with Gasteiger partial charge in [0.1, 0.15) is 5.70 Å². The molecule has 0 aliphatic carbocycles. The van der Waals surface area contributed by atoms with Gasteiger partial charge in [-0.2, -0.15) is 0 Å². The first-order valence-electron chi connectivity index (χ1n) is 3.39. The molecule has 0 aliphatic heterocycles. The molecule has 0 saturated carbocycles. The van der Waals surface area contributed by atoms with Crippen LogP contribution in [0.25, 0.3) is 0 Å². The normalized spacial score (nSPS) is 10.3. The van der Waals surface area contributed by atoms with E-state index in [9.17, 15) is 14.4 Å². The topological polar surface area (TPSA) is 102 Å². The van der Waals surface area contributed by atoms with Crippen molar-refractivity contribution in [2.75, 3.05) is 14.2 Å². The molecular formula is C7H9NO6. The number of hydrogen-bond acceptors (Lipinski definition) is 5. The van der Waals surface area contributed by atoms with Crippen LogP contribution in [0.3, 0.4) is 0 Å². The molecule has 7 heteroatoms. The first kappa shape index (κ1) is 11.9. The molecule has 2 N–H and O–H groups in total. The summed E-state index contributed by atoms with van der Waals surface area (Å²) in [5.41, 5.74) is -0.508. The molecule has 1 amide bonds. The van der Waals surface area contributed by atoms with Crippen molar-refractivity contribution in [1.29, 1.82) is 0 Å². The van der Waals surface area contributed by atoms with Crippen LogP contribution in [0.1, 0.15) is 0 Å². The van der Waals surface area contributed by atoms with Crippen molar-refractivity contribution in [3.05, 3.63) is 11.8 Å². The van der Waals surface area contributed by atoms with E-state index in [0.717, 1.165) is 14.2 Å². The molecule has 0 rings (SSSR count). The monoisotopic (exact) mass is 203 g/mol. The van der Waals surface area contributed by atoms with Crippen LogP contribution in [-0.2, 0) is 19.1 Å². The number of rotatable bonds is 3. The van der Waals surface area contributed by atoms with Crippen molar-refractivity contribution in [3.63, 3.8) is 0 Å². The second-order valence-electron chi connectivity index (χ2n) is 2.00. The second kappa shape index (κ2) is 5.57. The maximum Gasteiger partial charge on any atom is 0.409 e. The van der Waals surface area contributed by atoms with E-state index in [1.165, 1.54) is 0 Å². The Hall–Kier alpha value is -2.05. The Kier molecular flexibility index (Phi) is 4.76. The number of ether oxygens (including phenoxy) is 2. The Balaban J connectivity index is 4.71. The summed E-state index contributed by atoms with van der Waals surface area (Å²) < 4.78 is 8.42. The molecule has 0 heterocycles. The van der Waals surface area contributed by atoms with Gasteiger partial charge in [0, 0.05) is 0 Å². The van der Waals surface area contributed by atoms with Gasteiger partial charge in [0.25, 0.3) is 0 Å². The Morgan fingerprint density at radius 3 is 2.14 bits per heavy atom. The fourth-order valence-electron chi connectivity index (χ4n) is 0.548. The molecule has 0 aliphatic rings. The zero-order valence-corrected chi connectivity index (χ0v) is 7.57.